The lowest BCUT2D eigenvalue weighted by atomic mass is 9.99. The summed E-state index contributed by atoms with van der Waals surface area (Å²) in [7, 11) is 0. The van der Waals surface area contributed by atoms with Crippen LogP contribution in [0.4, 0.5) is 4.79 Å². The maximum absolute atomic E-state index is 12.3. The Morgan fingerprint density at radius 2 is 2.11 bits per heavy atom. The highest BCUT2D eigenvalue weighted by Crippen LogP contribution is 2.20. The van der Waals surface area contributed by atoms with Crippen molar-refractivity contribution in [2.75, 3.05) is 11.6 Å². The van der Waals surface area contributed by atoms with Crippen LogP contribution < -0.4 is 0 Å². The molecular weight excluding hydrogens is 382 g/mol. The minimum Gasteiger partial charge on any atom is -0.473 e. The summed E-state index contributed by atoms with van der Waals surface area (Å²) in [5, 5.41) is 20.2. The van der Waals surface area contributed by atoms with E-state index >= 15 is 0 Å². The maximum Gasteiger partial charge on any atom is 0.365 e. The van der Waals surface area contributed by atoms with Crippen LogP contribution in [0, 0.1) is 0 Å². The first-order chi connectivity index (χ1) is 13.1. The first-order valence-corrected chi connectivity index (χ1v) is 10.9. The average Bonchev–Trinajstić information content (AvgIpc) is 2.65. The van der Waals surface area contributed by atoms with Crippen molar-refractivity contribution in [1.29, 1.82) is 0 Å². The molecule has 1 unspecified atom stereocenters. The van der Waals surface area contributed by atoms with Gasteiger partial charge in [0.25, 0.3) is 0 Å². The molecule has 2 rings (SSSR count). The smallest absolute Gasteiger partial charge is 0.365 e. The quantitative estimate of drug-likeness (QED) is 0.364. The predicted molar refractivity (Wildman–Crippen MR) is 112 cm³/mol. The Morgan fingerprint density at radius 1 is 1.33 bits per heavy atom. The number of nitrogens with zero attached hydrogens (tertiary/aromatic N) is 1. The largest absolute Gasteiger partial charge is 0.473 e. The van der Waals surface area contributed by atoms with Crippen LogP contribution in [0.2, 0.25) is 0 Å². The first-order valence-electron chi connectivity index (χ1n) is 8.88. The number of rotatable bonds is 9. The number of aliphatic hydroxyl groups excluding tert-OH is 1. The van der Waals surface area contributed by atoms with Crippen molar-refractivity contribution < 1.29 is 19.8 Å². The van der Waals surface area contributed by atoms with Crippen molar-refractivity contribution in [2.24, 2.45) is 0 Å². The van der Waals surface area contributed by atoms with Crippen LogP contribution in [0.25, 0.3) is 0 Å². The summed E-state index contributed by atoms with van der Waals surface area (Å²) >= 11 is 2.24. The number of aliphatic hydroxyl groups is 1. The van der Waals surface area contributed by atoms with E-state index < -0.39 is 11.4 Å². The monoisotopic (exact) mass is 407 g/mol. The summed E-state index contributed by atoms with van der Waals surface area (Å²) in [6, 6.07) is 9.81. The number of amides is 1. The van der Waals surface area contributed by atoms with Crippen molar-refractivity contribution in [3.8, 4) is 0 Å². The Balaban J connectivity index is 1.85. The normalized spacial score (nSPS) is 19.1. The molecule has 1 heterocycles. The number of hydrogen-bond acceptors (Lipinski definition) is 5. The highest BCUT2D eigenvalue weighted by atomic mass is 32.2. The van der Waals surface area contributed by atoms with Crippen molar-refractivity contribution in [2.45, 2.75) is 37.8 Å². The second-order valence-electron chi connectivity index (χ2n) is 6.21. The van der Waals surface area contributed by atoms with Gasteiger partial charge in [-0.3, -0.25) is 4.79 Å². The fraction of sp³-hybridized carbons (Fsp3) is 0.400. The van der Waals surface area contributed by atoms with Gasteiger partial charge in [0, 0.05) is 19.4 Å². The summed E-state index contributed by atoms with van der Waals surface area (Å²) < 4.78 is 0. The SMILES string of the molecule is O=C(O)SCSC=CCN1C(=O)CCC[C@@H]1C=CC(O)Cc1ccccc1. The fourth-order valence-corrected chi connectivity index (χ4v) is 4.12. The fourth-order valence-electron chi connectivity index (χ4n) is 2.91. The van der Waals surface area contributed by atoms with Crippen molar-refractivity contribution in [1.82, 2.24) is 4.90 Å². The molecule has 2 atom stereocenters. The number of hydrogen-bond donors (Lipinski definition) is 2. The number of carbonyl (C=O) groups is 2. The number of piperidine rings is 1. The van der Waals surface area contributed by atoms with E-state index in [0.717, 1.165) is 30.2 Å². The third-order valence-electron chi connectivity index (χ3n) is 4.20. The Kier molecular flexibility index (Phi) is 9.52. The van der Waals surface area contributed by atoms with Gasteiger partial charge in [0.05, 0.1) is 17.2 Å². The Hall–Kier alpha value is -1.70. The first kappa shape index (κ1) is 21.6. The van der Waals surface area contributed by atoms with Crippen molar-refractivity contribution >= 4 is 34.7 Å². The summed E-state index contributed by atoms with van der Waals surface area (Å²) in [5.74, 6) is 0.114. The molecule has 1 aliphatic heterocycles. The minimum absolute atomic E-state index is 0.0142. The molecule has 2 N–H and O–H groups in total. The second kappa shape index (κ2) is 11.9. The van der Waals surface area contributed by atoms with Crippen LogP contribution in [0.15, 0.2) is 54.0 Å². The molecule has 0 aliphatic carbocycles. The molecule has 27 heavy (non-hydrogen) atoms. The van der Waals surface area contributed by atoms with Crippen LogP contribution in [0.3, 0.4) is 0 Å². The van der Waals surface area contributed by atoms with E-state index in [1.54, 1.807) is 6.08 Å². The molecule has 5 nitrogen and oxygen atoms in total. The van der Waals surface area contributed by atoms with Crippen molar-refractivity contribution in [3.63, 3.8) is 0 Å². The van der Waals surface area contributed by atoms with Gasteiger partial charge in [-0.2, -0.15) is 0 Å². The standard InChI is InChI=1S/C20H25NO4S2/c22-18(14-16-6-2-1-3-7-16)11-10-17-8-4-9-19(23)21(17)12-5-13-26-15-27-20(24)25/h1-3,5-7,10-11,13,17-18,22H,4,8-9,12,14-15H2,(H,24,25)/t17-,18?/m1/s1. The lowest BCUT2D eigenvalue weighted by molar-refractivity contribution is -0.134. The summed E-state index contributed by atoms with van der Waals surface area (Å²) in [6.07, 6.45) is 7.87. The molecule has 1 amide bonds. The number of carbonyl (C=O) groups excluding carboxylic acids is 1. The molecule has 1 aromatic carbocycles. The van der Waals surface area contributed by atoms with Gasteiger partial charge in [-0.05, 0) is 35.6 Å². The Morgan fingerprint density at radius 3 is 2.85 bits per heavy atom. The highest BCUT2D eigenvalue weighted by Gasteiger charge is 2.25. The van der Waals surface area contributed by atoms with Gasteiger partial charge in [0.15, 0.2) is 0 Å². The van der Waals surface area contributed by atoms with Gasteiger partial charge in [-0.1, -0.05) is 48.6 Å². The van der Waals surface area contributed by atoms with Crippen molar-refractivity contribution in [3.05, 3.63) is 59.5 Å². The van der Waals surface area contributed by atoms with E-state index in [1.165, 1.54) is 11.8 Å². The summed E-state index contributed by atoms with van der Waals surface area (Å²) in [4.78, 5) is 24.5. The number of benzene rings is 1. The zero-order valence-electron chi connectivity index (χ0n) is 15.1. The van der Waals surface area contributed by atoms with E-state index in [-0.39, 0.29) is 11.9 Å². The third kappa shape index (κ3) is 8.24. The Bertz CT molecular complexity index is 663. The zero-order valence-corrected chi connectivity index (χ0v) is 16.7. The molecule has 1 fully saturated rings. The average molecular weight is 408 g/mol. The van der Waals surface area contributed by atoms with E-state index in [2.05, 4.69) is 0 Å². The number of thioether (sulfide) groups is 2. The van der Waals surface area contributed by atoms with E-state index in [4.69, 9.17) is 5.11 Å². The molecule has 0 aromatic heterocycles. The van der Waals surface area contributed by atoms with E-state index in [0.29, 0.717) is 24.5 Å². The molecule has 1 aromatic rings. The van der Waals surface area contributed by atoms with E-state index in [1.807, 2.05) is 52.8 Å². The molecule has 1 aliphatic rings. The van der Waals surface area contributed by atoms with Crippen LogP contribution in [-0.4, -0.2) is 50.1 Å². The number of likely N-dealkylation sites (tertiary alicyclic amines) is 1. The maximum atomic E-state index is 12.3. The topological polar surface area (TPSA) is 77.8 Å². The number of carboxylic acid groups (broad SMARTS) is 1. The Labute approximate surface area is 168 Å². The van der Waals surface area contributed by atoms with Gasteiger partial charge >= 0.3 is 5.30 Å². The van der Waals surface area contributed by atoms with Crippen LogP contribution >= 0.6 is 23.5 Å². The van der Waals surface area contributed by atoms with Gasteiger partial charge in [-0.15, -0.1) is 11.8 Å². The highest BCUT2D eigenvalue weighted by molar-refractivity contribution is 8.24. The summed E-state index contributed by atoms with van der Waals surface area (Å²) in [5.41, 5.74) is 1.07. The summed E-state index contributed by atoms with van der Waals surface area (Å²) in [6.45, 7) is 0.493. The molecule has 1 saturated heterocycles. The van der Waals surface area contributed by atoms with Crippen LogP contribution in [0.1, 0.15) is 24.8 Å². The predicted octanol–water partition coefficient (Wildman–Crippen LogP) is 4.14. The van der Waals surface area contributed by atoms with E-state index in [9.17, 15) is 14.7 Å². The van der Waals surface area contributed by atoms with Crippen LogP contribution in [0.5, 0.6) is 0 Å². The third-order valence-corrected chi connectivity index (χ3v) is 5.85. The molecule has 0 radical (unpaired) electrons. The molecule has 0 bridgehead atoms. The van der Waals surface area contributed by atoms with Gasteiger partial charge in [0.1, 0.15) is 0 Å². The second-order valence-corrected chi connectivity index (χ2v) is 8.40. The van der Waals surface area contributed by atoms with Gasteiger partial charge in [0.2, 0.25) is 5.91 Å². The molecule has 146 valence electrons. The van der Waals surface area contributed by atoms with Gasteiger partial charge in [-0.25, -0.2) is 4.79 Å². The van der Waals surface area contributed by atoms with Gasteiger partial charge < -0.3 is 15.1 Å². The lowest BCUT2D eigenvalue weighted by Gasteiger charge is -2.33. The molecule has 7 heteroatoms. The zero-order chi connectivity index (χ0) is 19.5. The minimum atomic E-state index is -0.888. The molecule has 0 saturated carbocycles. The molecular formula is C20H25NO4S2. The molecule has 0 spiro atoms. The van der Waals surface area contributed by atoms with Crippen LogP contribution in [-0.2, 0) is 11.2 Å². The lowest BCUT2D eigenvalue weighted by Crippen LogP contribution is -2.42.